The number of aromatic nitrogens is 5. The first-order chi connectivity index (χ1) is 18.2. The molecule has 0 aliphatic carbocycles. The third-order valence-electron chi connectivity index (χ3n) is 6.74. The standard InChI is InChI=1S/C30H33N7O/c1-19-12-27(35(4)5)32-17-26(19)29-21(3)34-37-28(13-20(2)33-30(29)37)36(6)18-22-8-10-23(11-9-22)24-14-25(38-7)16-31-15-24/h8-17H,18H2,1-7H3. The summed E-state index contributed by atoms with van der Waals surface area (Å²) in [6.07, 6.45) is 5.49. The summed E-state index contributed by atoms with van der Waals surface area (Å²) in [4.78, 5) is 18.0. The Balaban J connectivity index is 1.47. The molecule has 0 radical (unpaired) electrons. The van der Waals surface area contributed by atoms with Crippen LogP contribution in [-0.2, 0) is 6.54 Å². The molecule has 4 heterocycles. The number of methoxy groups -OCH3 is 1. The van der Waals surface area contributed by atoms with Crippen molar-refractivity contribution in [2.24, 2.45) is 0 Å². The van der Waals surface area contributed by atoms with Gasteiger partial charge in [0.1, 0.15) is 17.4 Å². The number of hydrogen-bond donors (Lipinski definition) is 0. The van der Waals surface area contributed by atoms with Crippen molar-refractivity contribution in [1.29, 1.82) is 0 Å². The second-order valence-corrected chi connectivity index (χ2v) is 9.87. The number of pyridine rings is 2. The van der Waals surface area contributed by atoms with Crippen molar-refractivity contribution in [3.8, 4) is 28.0 Å². The summed E-state index contributed by atoms with van der Waals surface area (Å²) < 4.78 is 7.27. The molecular weight excluding hydrogens is 474 g/mol. The zero-order valence-corrected chi connectivity index (χ0v) is 23.0. The lowest BCUT2D eigenvalue weighted by molar-refractivity contribution is 0.413. The van der Waals surface area contributed by atoms with E-state index in [2.05, 4.69) is 65.2 Å². The molecule has 0 aliphatic heterocycles. The van der Waals surface area contributed by atoms with Crippen LogP contribution in [-0.4, -0.2) is 52.8 Å². The van der Waals surface area contributed by atoms with Gasteiger partial charge >= 0.3 is 0 Å². The van der Waals surface area contributed by atoms with Crippen LogP contribution in [0.1, 0.15) is 22.5 Å². The van der Waals surface area contributed by atoms with Crippen LogP contribution >= 0.6 is 0 Å². The van der Waals surface area contributed by atoms with Gasteiger partial charge in [0.15, 0.2) is 5.65 Å². The van der Waals surface area contributed by atoms with Gasteiger partial charge in [-0.05, 0) is 49.6 Å². The first kappa shape index (κ1) is 25.2. The van der Waals surface area contributed by atoms with Crippen molar-refractivity contribution < 1.29 is 4.74 Å². The van der Waals surface area contributed by atoms with Crippen LogP contribution in [0.15, 0.2) is 61.1 Å². The molecule has 194 valence electrons. The maximum Gasteiger partial charge on any atom is 0.165 e. The molecule has 1 aromatic carbocycles. The second-order valence-electron chi connectivity index (χ2n) is 9.87. The van der Waals surface area contributed by atoms with E-state index in [4.69, 9.17) is 14.8 Å². The van der Waals surface area contributed by atoms with Crippen LogP contribution in [0.5, 0.6) is 5.75 Å². The Morgan fingerprint density at radius 1 is 0.895 bits per heavy atom. The van der Waals surface area contributed by atoms with Gasteiger partial charge in [0.05, 0.1) is 24.6 Å². The first-order valence-electron chi connectivity index (χ1n) is 12.6. The number of nitrogens with zero attached hydrogens (tertiary/aromatic N) is 7. The molecule has 0 saturated carbocycles. The number of ether oxygens (including phenoxy) is 1. The molecule has 38 heavy (non-hydrogen) atoms. The number of aryl methyl sites for hydroxylation is 3. The van der Waals surface area contributed by atoms with Gasteiger partial charge in [0.2, 0.25) is 0 Å². The maximum atomic E-state index is 5.32. The summed E-state index contributed by atoms with van der Waals surface area (Å²) in [6, 6.07) is 14.7. The van der Waals surface area contributed by atoms with Crippen molar-refractivity contribution in [1.82, 2.24) is 24.6 Å². The highest BCUT2D eigenvalue weighted by atomic mass is 16.5. The van der Waals surface area contributed by atoms with E-state index in [0.717, 1.165) is 68.8 Å². The van der Waals surface area contributed by atoms with Crippen molar-refractivity contribution in [3.05, 3.63) is 83.6 Å². The third kappa shape index (κ3) is 4.77. The van der Waals surface area contributed by atoms with Crippen LogP contribution in [0.25, 0.3) is 27.9 Å². The fourth-order valence-electron chi connectivity index (χ4n) is 4.71. The number of hydrogen-bond acceptors (Lipinski definition) is 7. The van der Waals surface area contributed by atoms with E-state index in [-0.39, 0.29) is 0 Å². The Bertz CT molecular complexity index is 1610. The van der Waals surface area contributed by atoms with Gasteiger partial charge in [-0.2, -0.15) is 9.61 Å². The Morgan fingerprint density at radius 3 is 2.34 bits per heavy atom. The molecular formula is C30H33N7O. The Kier molecular flexibility index (Phi) is 6.72. The van der Waals surface area contributed by atoms with Gasteiger partial charge in [-0.25, -0.2) is 9.97 Å². The molecule has 5 rings (SSSR count). The van der Waals surface area contributed by atoms with Crippen LogP contribution in [0.2, 0.25) is 0 Å². The molecule has 0 bridgehead atoms. The predicted molar refractivity (Wildman–Crippen MR) is 153 cm³/mol. The summed E-state index contributed by atoms with van der Waals surface area (Å²) in [7, 11) is 7.74. The summed E-state index contributed by atoms with van der Waals surface area (Å²) in [5, 5.41) is 4.92. The van der Waals surface area contributed by atoms with Gasteiger partial charge in [-0.1, -0.05) is 24.3 Å². The topological polar surface area (TPSA) is 71.7 Å². The SMILES string of the molecule is COc1cncc(-c2ccc(CN(C)c3cc(C)nc4c(-c5cnc(N(C)C)cc5C)c(C)nn34)cc2)c1. The molecule has 8 heteroatoms. The van der Waals surface area contributed by atoms with Crippen LogP contribution < -0.4 is 14.5 Å². The molecule has 0 spiro atoms. The zero-order valence-electron chi connectivity index (χ0n) is 23.0. The van der Waals surface area contributed by atoms with Gasteiger partial charge in [0.25, 0.3) is 0 Å². The van der Waals surface area contributed by atoms with E-state index >= 15 is 0 Å². The molecule has 0 aliphatic rings. The predicted octanol–water partition coefficient (Wildman–Crippen LogP) is 5.49. The van der Waals surface area contributed by atoms with Crippen molar-refractivity contribution in [2.45, 2.75) is 27.3 Å². The number of benzene rings is 1. The monoisotopic (exact) mass is 507 g/mol. The summed E-state index contributed by atoms with van der Waals surface area (Å²) in [5.74, 6) is 2.66. The fourth-order valence-corrected chi connectivity index (χ4v) is 4.71. The number of rotatable bonds is 7. The lowest BCUT2D eigenvalue weighted by Crippen LogP contribution is -2.20. The van der Waals surface area contributed by atoms with Crippen molar-refractivity contribution in [3.63, 3.8) is 0 Å². The van der Waals surface area contributed by atoms with E-state index in [1.807, 2.05) is 55.8 Å². The molecule has 0 saturated heterocycles. The molecule has 8 nitrogen and oxygen atoms in total. The van der Waals surface area contributed by atoms with E-state index in [1.165, 1.54) is 5.56 Å². The van der Waals surface area contributed by atoms with Crippen LogP contribution in [0.3, 0.4) is 0 Å². The molecule has 0 fully saturated rings. The van der Waals surface area contributed by atoms with Crippen LogP contribution in [0.4, 0.5) is 11.6 Å². The number of fused-ring (bicyclic) bond motifs is 1. The molecule has 0 unspecified atom stereocenters. The van der Waals surface area contributed by atoms with E-state index in [9.17, 15) is 0 Å². The highest BCUT2D eigenvalue weighted by Crippen LogP contribution is 2.33. The Labute approximate surface area is 223 Å². The minimum absolute atomic E-state index is 0.724. The fraction of sp³-hybridized carbons (Fsp3) is 0.267. The van der Waals surface area contributed by atoms with E-state index < -0.39 is 0 Å². The summed E-state index contributed by atoms with van der Waals surface area (Å²) in [5.41, 5.74) is 9.25. The minimum Gasteiger partial charge on any atom is -0.495 e. The third-order valence-corrected chi connectivity index (χ3v) is 6.74. The Hall–Kier alpha value is -4.46. The molecule has 0 amide bonds. The quantitative estimate of drug-likeness (QED) is 0.288. The average molecular weight is 508 g/mol. The molecule has 5 aromatic rings. The Morgan fingerprint density at radius 2 is 1.66 bits per heavy atom. The van der Waals surface area contributed by atoms with Gasteiger partial charge in [-0.3, -0.25) is 4.98 Å². The zero-order chi connectivity index (χ0) is 27.0. The second kappa shape index (κ2) is 10.1. The lowest BCUT2D eigenvalue weighted by atomic mass is 10.0. The normalized spacial score (nSPS) is 11.1. The van der Waals surface area contributed by atoms with Crippen molar-refractivity contribution in [2.75, 3.05) is 38.1 Å². The van der Waals surface area contributed by atoms with Crippen LogP contribution in [0, 0.1) is 20.8 Å². The molecule has 4 aromatic heterocycles. The smallest absolute Gasteiger partial charge is 0.165 e. The van der Waals surface area contributed by atoms with Crippen molar-refractivity contribution >= 4 is 17.3 Å². The van der Waals surface area contributed by atoms with Gasteiger partial charge < -0.3 is 14.5 Å². The molecule has 0 atom stereocenters. The number of anilines is 2. The minimum atomic E-state index is 0.724. The van der Waals surface area contributed by atoms with Gasteiger partial charge in [-0.15, -0.1) is 0 Å². The first-order valence-corrected chi connectivity index (χ1v) is 12.6. The summed E-state index contributed by atoms with van der Waals surface area (Å²) in [6.45, 7) is 6.90. The molecule has 0 N–H and O–H groups in total. The lowest BCUT2D eigenvalue weighted by Gasteiger charge is -2.21. The van der Waals surface area contributed by atoms with E-state index in [1.54, 1.807) is 13.3 Å². The highest BCUT2D eigenvalue weighted by Gasteiger charge is 2.20. The summed E-state index contributed by atoms with van der Waals surface area (Å²) >= 11 is 0. The average Bonchev–Trinajstić information content (AvgIpc) is 3.23. The maximum absolute atomic E-state index is 5.32. The van der Waals surface area contributed by atoms with Gasteiger partial charge in [0, 0.05) is 63.0 Å². The highest BCUT2D eigenvalue weighted by molar-refractivity contribution is 5.83. The largest absolute Gasteiger partial charge is 0.495 e. The van der Waals surface area contributed by atoms with E-state index in [0.29, 0.717) is 0 Å².